The number of Topliss-reactive ketones (excluding diaryl/α,β-unsaturated/α-hetero) is 1. The van der Waals surface area contributed by atoms with Gasteiger partial charge in [0.2, 0.25) is 0 Å². The van der Waals surface area contributed by atoms with Gasteiger partial charge in [0.15, 0.2) is 19.0 Å². The monoisotopic (exact) mass is 345 g/mol. The molecule has 0 unspecified atom stereocenters. The summed E-state index contributed by atoms with van der Waals surface area (Å²) in [6.07, 6.45) is 0. The minimum atomic E-state index is -0.734. The molecule has 0 aliphatic rings. The Balaban J connectivity index is 1.75. The minimum Gasteiger partial charge on any atom is -0.482 e. The zero-order chi connectivity index (χ0) is 18.2. The molecule has 6 nitrogen and oxygen atoms in total. The third-order valence-corrected chi connectivity index (χ3v) is 3.09. The molecule has 0 atom stereocenters. The first-order valence-electron chi connectivity index (χ1n) is 7.39. The van der Waals surface area contributed by atoms with Crippen LogP contribution in [0.5, 0.6) is 5.75 Å². The lowest BCUT2D eigenvalue weighted by Crippen LogP contribution is -2.23. The maximum absolute atomic E-state index is 12.8. The molecule has 0 bridgehead atoms. The van der Waals surface area contributed by atoms with E-state index in [9.17, 15) is 18.8 Å². The van der Waals surface area contributed by atoms with E-state index in [-0.39, 0.29) is 5.78 Å². The number of nitrogens with one attached hydrogen (secondary N) is 1. The molecule has 0 fully saturated rings. The first-order valence-corrected chi connectivity index (χ1v) is 7.39. The van der Waals surface area contributed by atoms with Gasteiger partial charge in [-0.2, -0.15) is 0 Å². The van der Waals surface area contributed by atoms with E-state index in [0.717, 1.165) is 0 Å². The maximum atomic E-state index is 12.8. The van der Waals surface area contributed by atoms with Crippen molar-refractivity contribution in [3.05, 3.63) is 59.9 Å². The van der Waals surface area contributed by atoms with Gasteiger partial charge in [0.1, 0.15) is 11.6 Å². The molecule has 0 saturated carbocycles. The fourth-order valence-electron chi connectivity index (χ4n) is 1.87. The lowest BCUT2D eigenvalue weighted by molar-refractivity contribution is -0.149. The van der Waals surface area contributed by atoms with Crippen LogP contribution in [0.2, 0.25) is 0 Å². The van der Waals surface area contributed by atoms with Crippen molar-refractivity contribution in [2.75, 3.05) is 18.5 Å². The quantitative estimate of drug-likeness (QED) is 0.616. The highest BCUT2D eigenvalue weighted by molar-refractivity contribution is 5.94. The van der Waals surface area contributed by atoms with E-state index >= 15 is 0 Å². The Morgan fingerprint density at radius 2 is 1.76 bits per heavy atom. The summed E-state index contributed by atoms with van der Waals surface area (Å²) in [7, 11) is 0. The zero-order valence-corrected chi connectivity index (χ0v) is 13.5. The molecule has 0 saturated heterocycles. The third kappa shape index (κ3) is 6.06. The van der Waals surface area contributed by atoms with Crippen molar-refractivity contribution in [1.82, 2.24) is 0 Å². The summed E-state index contributed by atoms with van der Waals surface area (Å²) in [6.45, 7) is 0.533. The molecule has 2 rings (SSSR count). The van der Waals surface area contributed by atoms with Gasteiger partial charge in [0, 0.05) is 11.3 Å². The molecule has 0 radical (unpaired) electrons. The smallest absolute Gasteiger partial charge is 0.344 e. The molecule has 25 heavy (non-hydrogen) atoms. The molecule has 0 aliphatic heterocycles. The number of esters is 1. The Hall–Kier alpha value is -3.22. The third-order valence-electron chi connectivity index (χ3n) is 3.09. The lowest BCUT2D eigenvalue weighted by atomic mass is 10.1. The number of rotatable bonds is 7. The summed E-state index contributed by atoms with van der Waals surface area (Å²) in [5.41, 5.74) is 0.851. The van der Waals surface area contributed by atoms with Gasteiger partial charge in [0.25, 0.3) is 5.91 Å². The van der Waals surface area contributed by atoms with E-state index in [1.54, 1.807) is 18.2 Å². The molecule has 7 heteroatoms. The lowest BCUT2D eigenvalue weighted by Gasteiger charge is -2.08. The molecule has 0 aliphatic carbocycles. The van der Waals surface area contributed by atoms with Gasteiger partial charge in [-0.3, -0.25) is 9.59 Å². The average Bonchev–Trinajstić information content (AvgIpc) is 2.60. The number of hydrogen-bond donors (Lipinski definition) is 1. The molecule has 0 heterocycles. The van der Waals surface area contributed by atoms with Crippen LogP contribution in [-0.2, 0) is 14.3 Å². The van der Waals surface area contributed by atoms with E-state index in [1.807, 2.05) is 0 Å². The molecule has 1 amide bonds. The normalized spacial score (nSPS) is 10.0. The largest absolute Gasteiger partial charge is 0.482 e. The average molecular weight is 345 g/mol. The Morgan fingerprint density at radius 1 is 1.04 bits per heavy atom. The van der Waals surface area contributed by atoms with E-state index in [0.29, 0.717) is 17.0 Å². The maximum Gasteiger partial charge on any atom is 0.344 e. The number of anilines is 1. The van der Waals surface area contributed by atoms with Crippen molar-refractivity contribution in [2.24, 2.45) is 0 Å². The SMILES string of the molecule is CC(=O)c1cccc(OCC(=O)OCC(=O)Nc2ccc(F)cc2)c1. The molecule has 130 valence electrons. The first-order chi connectivity index (χ1) is 11.9. The van der Waals surface area contributed by atoms with Gasteiger partial charge in [-0.15, -0.1) is 0 Å². The zero-order valence-electron chi connectivity index (χ0n) is 13.5. The van der Waals surface area contributed by atoms with Crippen LogP contribution in [0.1, 0.15) is 17.3 Å². The first kappa shape index (κ1) is 18.1. The van der Waals surface area contributed by atoms with Crippen LogP contribution in [0, 0.1) is 5.82 Å². The van der Waals surface area contributed by atoms with Crippen LogP contribution in [0.4, 0.5) is 10.1 Å². The number of ether oxygens (including phenoxy) is 2. The summed E-state index contributed by atoms with van der Waals surface area (Å²) >= 11 is 0. The van der Waals surface area contributed by atoms with Crippen molar-refractivity contribution >= 4 is 23.3 Å². The Bertz CT molecular complexity index is 773. The van der Waals surface area contributed by atoms with Crippen LogP contribution in [-0.4, -0.2) is 30.9 Å². The fraction of sp³-hybridized carbons (Fsp3) is 0.167. The summed E-state index contributed by atoms with van der Waals surface area (Å²) in [5, 5.41) is 2.46. The second-order valence-electron chi connectivity index (χ2n) is 5.09. The van der Waals surface area contributed by atoms with Crippen LogP contribution >= 0.6 is 0 Å². The van der Waals surface area contributed by atoms with Gasteiger partial charge >= 0.3 is 5.97 Å². The van der Waals surface area contributed by atoms with Gasteiger partial charge in [-0.05, 0) is 43.3 Å². The fourth-order valence-corrected chi connectivity index (χ4v) is 1.87. The molecule has 0 aromatic heterocycles. The molecule has 1 N–H and O–H groups in total. The molecular weight excluding hydrogens is 329 g/mol. The number of ketones is 1. The van der Waals surface area contributed by atoms with Gasteiger partial charge in [-0.25, -0.2) is 9.18 Å². The summed E-state index contributed by atoms with van der Waals surface area (Å²) in [6, 6.07) is 11.5. The van der Waals surface area contributed by atoms with E-state index in [2.05, 4.69) is 5.32 Å². The van der Waals surface area contributed by atoms with Crippen molar-refractivity contribution in [1.29, 1.82) is 0 Å². The second kappa shape index (κ2) is 8.58. The predicted octanol–water partition coefficient (Wildman–Crippen LogP) is 2.59. The minimum absolute atomic E-state index is 0.120. The van der Waals surface area contributed by atoms with Gasteiger partial charge < -0.3 is 14.8 Å². The summed E-state index contributed by atoms with van der Waals surface area (Å²) in [5.74, 6) is -1.48. The molecular formula is C18H16FNO5. The highest BCUT2D eigenvalue weighted by Crippen LogP contribution is 2.13. The van der Waals surface area contributed by atoms with Gasteiger partial charge in [-0.1, -0.05) is 12.1 Å². The number of hydrogen-bond acceptors (Lipinski definition) is 5. The highest BCUT2D eigenvalue weighted by Gasteiger charge is 2.09. The summed E-state index contributed by atoms with van der Waals surface area (Å²) < 4.78 is 22.8. The number of carbonyl (C=O) groups is 3. The predicted molar refractivity (Wildman–Crippen MR) is 87.9 cm³/mol. The molecule has 2 aromatic carbocycles. The number of benzene rings is 2. The Labute approximate surface area is 143 Å². The highest BCUT2D eigenvalue weighted by atomic mass is 19.1. The topological polar surface area (TPSA) is 81.7 Å². The van der Waals surface area contributed by atoms with E-state index < -0.39 is 30.9 Å². The number of amides is 1. The van der Waals surface area contributed by atoms with Crippen molar-refractivity contribution in [3.63, 3.8) is 0 Å². The Morgan fingerprint density at radius 3 is 2.44 bits per heavy atom. The van der Waals surface area contributed by atoms with Gasteiger partial charge in [0.05, 0.1) is 0 Å². The molecule has 2 aromatic rings. The Kier molecular flexibility index (Phi) is 6.22. The van der Waals surface area contributed by atoms with Crippen LogP contribution in [0.15, 0.2) is 48.5 Å². The molecule has 0 spiro atoms. The van der Waals surface area contributed by atoms with E-state index in [1.165, 1.54) is 37.3 Å². The second-order valence-corrected chi connectivity index (χ2v) is 5.09. The van der Waals surface area contributed by atoms with E-state index in [4.69, 9.17) is 9.47 Å². The summed E-state index contributed by atoms with van der Waals surface area (Å²) in [4.78, 5) is 34.5. The number of halogens is 1. The van der Waals surface area contributed by atoms with Crippen LogP contribution in [0.3, 0.4) is 0 Å². The standard InChI is InChI=1S/C18H16FNO5/c1-12(21)13-3-2-4-16(9-13)24-11-18(23)25-10-17(22)20-15-7-5-14(19)6-8-15/h2-9H,10-11H2,1H3,(H,20,22). The van der Waals surface area contributed by atoms with Crippen molar-refractivity contribution in [3.8, 4) is 5.75 Å². The van der Waals surface area contributed by atoms with Crippen LogP contribution in [0.25, 0.3) is 0 Å². The van der Waals surface area contributed by atoms with Crippen LogP contribution < -0.4 is 10.1 Å². The number of carbonyl (C=O) groups excluding carboxylic acids is 3. The van der Waals surface area contributed by atoms with Crippen molar-refractivity contribution < 1.29 is 28.2 Å². The van der Waals surface area contributed by atoms with Crippen molar-refractivity contribution in [2.45, 2.75) is 6.92 Å².